The van der Waals surface area contributed by atoms with E-state index in [1.54, 1.807) is 19.9 Å². The number of benzene rings is 1. The first-order chi connectivity index (χ1) is 12.7. The summed E-state index contributed by atoms with van der Waals surface area (Å²) in [5.74, 6) is -0.209. The summed E-state index contributed by atoms with van der Waals surface area (Å²) in [5.41, 5.74) is 3.49. The van der Waals surface area contributed by atoms with Crippen molar-refractivity contribution in [3.8, 4) is 0 Å². The monoisotopic (exact) mass is 385 g/mol. The maximum atomic E-state index is 12.4. The zero-order valence-corrected chi connectivity index (χ0v) is 17.6. The number of esters is 1. The Hall–Kier alpha value is -2.40. The molecule has 0 saturated carbocycles. The molecule has 27 heavy (non-hydrogen) atoms. The van der Waals surface area contributed by atoms with Gasteiger partial charge in [-0.3, -0.25) is 4.79 Å². The molecule has 5 heteroatoms. The van der Waals surface area contributed by atoms with E-state index in [1.807, 2.05) is 26.0 Å². The maximum absolute atomic E-state index is 12.4. The van der Waals surface area contributed by atoms with E-state index in [4.69, 9.17) is 4.74 Å². The van der Waals surface area contributed by atoms with Gasteiger partial charge in [-0.05, 0) is 56.4 Å². The molecule has 144 valence electrons. The van der Waals surface area contributed by atoms with Gasteiger partial charge in [0.25, 0.3) is 0 Å². The average molecular weight is 386 g/mol. The highest BCUT2D eigenvalue weighted by Gasteiger charge is 2.22. The second-order valence-corrected chi connectivity index (χ2v) is 8.31. The van der Waals surface area contributed by atoms with E-state index in [-0.39, 0.29) is 12.0 Å². The Balaban J connectivity index is 2.13. The van der Waals surface area contributed by atoms with Crippen LogP contribution in [0.5, 0.6) is 0 Å². The fourth-order valence-corrected chi connectivity index (χ4v) is 3.60. The van der Waals surface area contributed by atoms with E-state index in [2.05, 4.69) is 31.3 Å². The highest BCUT2D eigenvalue weighted by molar-refractivity contribution is 7.16. The largest absolute Gasteiger partial charge is 0.459 e. The molecule has 1 N–H and O–H groups in total. The topological polar surface area (TPSA) is 55.4 Å². The van der Waals surface area contributed by atoms with E-state index < -0.39 is 5.97 Å². The average Bonchev–Trinajstić information content (AvgIpc) is 2.86. The molecule has 0 saturated heterocycles. The molecular weight excluding hydrogens is 358 g/mol. The van der Waals surface area contributed by atoms with E-state index >= 15 is 0 Å². The molecule has 0 aliphatic heterocycles. The van der Waals surface area contributed by atoms with Gasteiger partial charge in [0.2, 0.25) is 5.91 Å². The molecule has 0 atom stereocenters. The van der Waals surface area contributed by atoms with Crippen LogP contribution in [0.25, 0.3) is 6.08 Å². The first kappa shape index (κ1) is 20.9. The summed E-state index contributed by atoms with van der Waals surface area (Å²) >= 11 is 1.38. The number of hydrogen-bond donors (Lipinski definition) is 1. The van der Waals surface area contributed by atoms with Crippen LogP contribution in [0.2, 0.25) is 0 Å². The van der Waals surface area contributed by atoms with Gasteiger partial charge >= 0.3 is 5.97 Å². The minimum Gasteiger partial charge on any atom is -0.459 e. The van der Waals surface area contributed by atoms with E-state index in [9.17, 15) is 9.59 Å². The molecule has 0 aliphatic carbocycles. The third-order valence-corrected chi connectivity index (χ3v) is 5.32. The lowest BCUT2D eigenvalue weighted by Gasteiger charge is -2.09. The van der Waals surface area contributed by atoms with Crippen LogP contribution in [0.1, 0.15) is 65.5 Å². The normalized spacial score (nSPS) is 11.4. The molecule has 1 amide bonds. The lowest BCUT2D eigenvalue weighted by atomic mass is 10.0. The van der Waals surface area contributed by atoms with Crippen LogP contribution in [-0.2, 0) is 9.53 Å². The van der Waals surface area contributed by atoms with Gasteiger partial charge in [-0.25, -0.2) is 4.79 Å². The molecule has 1 aromatic heterocycles. The predicted molar refractivity (Wildman–Crippen MR) is 113 cm³/mol. The highest BCUT2D eigenvalue weighted by atomic mass is 32.1. The number of nitrogens with one attached hydrogen (secondary N) is 1. The van der Waals surface area contributed by atoms with Crippen molar-refractivity contribution in [1.82, 2.24) is 0 Å². The fourth-order valence-electron chi connectivity index (χ4n) is 2.55. The number of anilines is 1. The van der Waals surface area contributed by atoms with Gasteiger partial charge in [0, 0.05) is 11.0 Å². The third-order valence-electron chi connectivity index (χ3n) is 4.20. The summed E-state index contributed by atoms with van der Waals surface area (Å²) < 4.78 is 5.31. The second-order valence-electron chi connectivity index (χ2n) is 7.09. The van der Waals surface area contributed by atoms with E-state index in [0.29, 0.717) is 16.5 Å². The smallest absolute Gasteiger partial charge is 0.341 e. The summed E-state index contributed by atoms with van der Waals surface area (Å²) in [6.07, 6.45) is 3.03. The highest BCUT2D eigenvalue weighted by Crippen LogP contribution is 2.33. The zero-order chi connectivity index (χ0) is 20.1. The van der Waals surface area contributed by atoms with Crippen molar-refractivity contribution >= 4 is 34.3 Å². The van der Waals surface area contributed by atoms with Crippen molar-refractivity contribution in [3.63, 3.8) is 0 Å². The van der Waals surface area contributed by atoms with Gasteiger partial charge in [-0.2, -0.15) is 0 Å². The fraction of sp³-hybridized carbons (Fsp3) is 0.364. The lowest BCUT2D eigenvalue weighted by molar-refractivity contribution is -0.111. The molecule has 0 radical (unpaired) electrons. The number of thiophene rings is 1. The zero-order valence-electron chi connectivity index (χ0n) is 16.8. The van der Waals surface area contributed by atoms with Crippen molar-refractivity contribution in [2.45, 2.75) is 53.6 Å². The maximum Gasteiger partial charge on any atom is 0.341 e. The molecule has 0 bridgehead atoms. The van der Waals surface area contributed by atoms with Gasteiger partial charge < -0.3 is 10.1 Å². The molecule has 1 aromatic carbocycles. The summed E-state index contributed by atoms with van der Waals surface area (Å²) in [7, 11) is 0. The Bertz CT molecular complexity index is 845. The number of rotatable bonds is 6. The SMILES string of the molecule is Cc1sc(NC(=O)C=Cc2ccc(C(C)C)cc2)c(C(=O)OC(C)C)c1C. The van der Waals surface area contributed by atoms with Crippen LogP contribution in [-0.4, -0.2) is 18.0 Å². The number of carbonyl (C=O) groups is 2. The summed E-state index contributed by atoms with van der Waals surface area (Å²) in [6, 6.07) is 8.11. The van der Waals surface area contributed by atoms with Crippen molar-refractivity contribution in [1.29, 1.82) is 0 Å². The minimum absolute atomic E-state index is 0.214. The Labute approximate surface area is 165 Å². The predicted octanol–water partition coefficient (Wildman–Crippen LogP) is 5.71. The molecular formula is C22H27NO3S. The molecule has 2 aromatic rings. The van der Waals surface area contributed by atoms with Crippen LogP contribution in [0.3, 0.4) is 0 Å². The summed E-state index contributed by atoms with van der Waals surface area (Å²) in [5, 5.41) is 3.35. The number of ether oxygens (including phenoxy) is 1. The van der Waals surface area contributed by atoms with Crippen LogP contribution in [0.15, 0.2) is 30.3 Å². The minimum atomic E-state index is -0.407. The molecule has 4 nitrogen and oxygen atoms in total. The quantitative estimate of drug-likeness (QED) is 0.512. The number of carbonyl (C=O) groups excluding carboxylic acids is 2. The molecule has 0 spiro atoms. The number of aryl methyl sites for hydroxylation is 1. The summed E-state index contributed by atoms with van der Waals surface area (Å²) in [6.45, 7) is 11.7. The Kier molecular flexibility index (Phi) is 6.97. The lowest BCUT2D eigenvalue weighted by Crippen LogP contribution is -2.15. The van der Waals surface area contributed by atoms with Crippen molar-refractivity contribution in [2.75, 3.05) is 5.32 Å². The van der Waals surface area contributed by atoms with Crippen LogP contribution in [0, 0.1) is 13.8 Å². The van der Waals surface area contributed by atoms with Gasteiger partial charge in [0.15, 0.2) is 0 Å². The first-order valence-corrected chi connectivity index (χ1v) is 9.90. The first-order valence-electron chi connectivity index (χ1n) is 9.09. The number of hydrogen-bond acceptors (Lipinski definition) is 4. The van der Waals surface area contributed by atoms with E-state index in [1.165, 1.54) is 23.0 Å². The molecule has 2 rings (SSSR count). The number of amides is 1. The molecule has 0 fully saturated rings. The van der Waals surface area contributed by atoms with Gasteiger partial charge in [0.1, 0.15) is 5.00 Å². The summed E-state index contributed by atoms with van der Waals surface area (Å²) in [4.78, 5) is 25.7. The molecule has 0 unspecified atom stereocenters. The van der Waals surface area contributed by atoms with Gasteiger partial charge in [-0.1, -0.05) is 38.1 Å². The van der Waals surface area contributed by atoms with Crippen LogP contribution in [0.4, 0.5) is 5.00 Å². The molecule has 0 aliphatic rings. The Morgan fingerprint density at radius 2 is 1.70 bits per heavy atom. The van der Waals surface area contributed by atoms with Crippen LogP contribution >= 0.6 is 11.3 Å². The van der Waals surface area contributed by atoms with Crippen molar-refractivity contribution in [2.24, 2.45) is 0 Å². The molecule has 1 heterocycles. The van der Waals surface area contributed by atoms with E-state index in [0.717, 1.165) is 16.0 Å². The second kappa shape index (κ2) is 9.00. The standard InChI is InChI=1S/C22H27NO3S/c1-13(2)18-10-7-17(8-11-18)9-12-19(24)23-21-20(15(5)16(6)27-21)22(25)26-14(3)4/h7-14H,1-6H3,(H,23,24). The van der Waals surface area contributed by atoms with Crippen molar-refractivity contribution in [3.05, 3.63) is 57.5 Å². The Morgan fingerprint density at radius 3 is 2.26 bits per heavy atom. The van der Waals surface area contributed by atoms with Gasteiger partial charge in [-0.15, -0.1) is 11.3 Å². The third kappa shape index (κ3) is 5.54. The van der Waals surface area contributed by atoms with Gasteiger partial charge in [0.05, 0.1) is 11.7 Å². The van der Waals surface area contributed by atoms with Crippen LogP contribution < -0.4 is 5.32 Å². The van der Waals surface area contributed by atoms with Crippen molar-refractivity contribution < 1.29 is 14.3 Å². The Morgan fingerprint density at radius 1 is 1.07 bits per heavy atom.